The Kier molecular flexibility index (Phi) is 2.56. The second-order valence-corrected chi connectivity index (χ2v) is 3.53. The molecular formula is C12H13NO3. The van der Waals surface area contributed by atoms with E-state index in [1.54, 1.807) is 6.07 Å². The maximum absolute atomic E-state index is 11.5. The molecule has 0 spiro atoms. The third kappa shape index (κ3) is 1.52. The first-order chi connectivity index (χ1) is 7.67. The van der Waals surface area contributed by atoms with E-state index < -0.39 is 0 Å². The summed E-state index contributed by atoms with van der Waals surface area (Å²) in [4.78, 5) is 11.5. The number of carbonyl (C=O) groups is 1. The molecule has 0 saturated heterocycles. The number of ether oxygens (including phenoxy) is 2. The van der Waals surface area contributed by atoms with Gasteiger partial charge in [-0.25, -0.2) is 4.79 Å². The first-order valence-electron chi connectivity index (χ1n) is 4.88. The number of methoxy groups -OCH3 is 2. The number of hydrogen-bond acceptors (Lipinski definition) is 3. The van der Waals surface area contributed by atoms with Gasteiger partial charge in [-0.15, -0.1) is 0 Å². The molecule has 0 unspecified atom stereocenters. The van der Waals surface area contributed by atoms with Gasteiger partial charge in [0.1, 0.15) is 11.3 Å². The zero-order valence-electron chi connectivity index (χ0n) is 9.48. The van der Waals surface area contributed by atoms with Gasteiger partial charge in [-0.05, 0) is 12.1 Å². The van der Waals surface area contributed by atoms with Crippen LogP contribution in [0.25, 0.3) is 10.9 Å². The summed E-state index contributed by atoms with van der Waals surface area (Å²) in [6.45, 7) is 0. The molecule has 0 N–H and O–H groups in total. The lowest BCUT2D eigenvalue weighted by Crippen LogP contribution is -2.04. The molecule has 0 aliphatic rings. The Hall–Kier alpha value is -1.97. The number of aryl methyl sites for hydroxylation is 1. The Morgan fingerprint density at radius 1 is 1.31 bits per heavy atom. The quantitative estimate of drug-likeness (QED) is 0.725. The molecule has 4 nitrogen and oxygen atoms in total. The second kappa shape index (κ2) is 3.89. The predicted octanol–water partition coefficient (Wildman–Crippen LogP) is 1.97. The second-order valence-electron chi connectivity index (χ2n) is 3.53. The van der Waals surface area contributed by atoms with Crippen molar-refractivity contribution >= 4 is 16.9 Å². The molecule has 1 aromatic heterocycles. The van der Waals surface area contributed by atoms with Crippen molar-refractivity contribution in [2.45, 2.75) is 0 Å². The molecule has 0 aliphatic carbocycles. The lowest BCUT2D eigenvalue weighted by Gasteiger charge is -2.07. The molecule has 1 heterocycles. The first-order valence-corrected chi connectivity index (χ1v) is 4.88. The van der Waals surface area contributed by atoms with Crippen LogP contribution < -0.4 is 4.74 Å². The average Bonchev–Trinajstić information content (AvgIpc) is 2.68. The van der Waals surface area contributed by atoms with Gasteiger partial charge in [0, 0.05) is 24.7 Å². The molecule has 0 aliphatic heterocycles. The summed E-state index contributed by atoms with van der Waals surface area (Å²) in [7, 11) is 4.84. The lowest BCUT2D eigenvalue weighted by molar-refractivity contribution is 0.0597. The summed E-state index contributed by atoms with van der Waals surface area (Å²) in [6.07, 6.45) is 1.94. The van der Waals surface area contributed by atoms with Crippen LogP contribution in [0.15, 0.2) is 24.4 Å². The minimum Gasteiger partial charge on any atom is -0.496 e. The van der Waals surface area contributed by atoms with Gasteiger partial charge in [0.05, 0.1) is 19.7 Å². The Morgan fingerprint density at radius 3 is 2.69 bits per heavy atom. The van der Waals surface area contributed by atoms with Crippen LogP contribution in [0.2, 0.25) is 0 Å². The van der Waals surface area contributed by atoms with Crippen molar-refractivity contribution in [3.63, 3.8) is 0 Å². The third-order valence-electron chi connectivity index (χ3n) is 2.61. The van der Waals surface area contributed by atoms with Crippen LogP contribution in [-0.4, -0.2) is 24.8 Å². The van der Waals surface area contributed by atoms with E-state index in [1.807, 2.05) is 29.9 Å². The van der Waals surface area contributed by atoms with E-state index in [0.29, 0.717) is 11.3 Å². The molecule has 0 saturated carbocycles. The van der Waals surface area contributed by atoms with Crippen molar-refractivity contribution in [2.24, 2.45) is 7.05 Å². The van der Waals surface area contributed by atoms with Gasteiger partial charge in [0.2, 0.25) is 0 Å². The Morgan fingerprint density at radius 2 is 2.06 bits per heavy atom. The fraction of sp³-hybridized carbons (Fsp3) is 0.250. The van der Waals surface area contributed by atoms with Gasteiger partial charge in [-0.3, -0.25) is 0 Å². The number of fused-ring (bicyclic) bond motifs is 1. The summed E-state index contributed by atoms with van der Waals surface area (Å²) in [5.41, 5.74) is 1.47. The molecule has 2 aromatic rings. The fourth-order valence-corrected chi connectivity index (χ4v) is 1.74. The summed E-state index contributed by atoms with van der Waals surface area (Å²) in [6, 6.07) is 5.56. The zero-order chi connectivity index (χ0) is 11.7. The number of benzene rings is 1. The molecule has 0 fully saturated rings. The van der Waals surface area contributed by atoms with E-state index in [1.165, 1.54) is 14.2 Å². The number of carbonyl (C=O) groups excluding carboxylic acids is 1. The van der Waals surface area contributed by atoms with Crippen LogP contribution in [0.4, 0.5) is 0 Å². The van der Waals surface area contributed by atoms with Crippen molar-refractivity contribution in [3.8, 4) is 5.75 Å². The highest BCUT2D eigenvalue weighted by Crippen LogP contribution is 2.26. The van der Waals surface area contributed by atoms with E-state index in [0.717, 1.165) is 10.9 Å². The molecular weight excluding hydrogens is 206 g/mol. The van der Waals surface area contributed by atoms with Crippen LogP contribution in [0.3, 0.4) is 0 Å². The standard InChI is InChI=1S/C12H13NO3/c1-13-5-4-8-6-9(12(14)16-3)11(15-2)7-10(8)13/h4-7H,1-3H3. The maximum Gasteiger partial charge on any atom is 0.341 e. The maximum atomic E-state index is 11.5. The molecule has 2 rings (SSSR count). The molecule has 4 heteroatoms. The molecule has 16 heavy (non-hydrogen) atoms. The zero-order valence-corrected chi connectivity index (χ0v) is 9.48. The largest absolute Gasteiger partial charge is 0.496 e. The van der Waals surface area contributed by atoms with Crippen LogP contribution in [0.5, 0.6) is 5.75 Å². The van der Waals surface area contributed by atoms with Crippen molar-refractivity contribution < 1.29 is 14.3 Å². The summed E-state index contributed by atoms with van der Waals surface area (Å²) in [5.74, 6) is 0.142. The number of esters is 1. The topological polar surface area (TPSA) is 40.5 Å². The lowest BCUT2D eigenvalue weighted by atomic mass is 10.1. The molecule has 0 radical (unpaired) electrons. The highest BCUT2D eigenvalue weighted by Gasteiger charge is 2.14. The van der Waals surface area contributed by atoms with Crippen LogP contribution in [0.1, 0.15) is 10.4 Å². The minimum atomic E-state index is -0.386. The molecule has 0 atom stereocenters. The van der Waals surface area contributed by atoms with Crippen molar-refractivity contribution in [1.29, 1.82) is 0 Å². The summed E-state index contributed by atoms with van der Waals surface area (Å²) >= 11 is 0. The van der Waals surface area contributed by atoms with Crippen LogP contribution in [0, 0.1) is 0 Å². The van der Waals surface area contributed by atoms with Crippen molar-refractivity contribution in [1.82, 2.24) is 4.57 Å². The van der Waals surface area contributed by atoms with Crippen molar-refractivity contribution in [3.05, 3.63) is 30.0 Å². The average molecular weight is 219 g/mol. The molecule has 84 valence electrons. The summed E-state index contributed by atoms with van der Waals surface area (Å²) < 4.78 is 11.9. The Balaban J connectivity index is 2.68. The number of rotatable bonds is 2. The van der Waals surface area contributed by atoms with Crippen molar-refractivity contribution in [2.75, 3.05) is 14.2 Å². The van der Waals surface area contributed by atoms with Crippen LogP contribution >= 0.6 is 0 Å². The van der Waals surface area contributed by atoms with Gasteiger partial charge in [0.15, 0.2) is 0 Å². The van der Waals surface area contributed by atoms with E-state index in [2.05, 4.69) is 0 Å². The fourth-order valence-electron chi connectivity index (χ4n) is 1.74. The Labute approximate surface area is 93.4 Å². The SMILES string of the molecule is COC(=O)c1cc2ccn(C)c2cc1OC. The van der Waals surface area contributed by atoms with Gasteiger partial charge < -0.3 is 14.0 Å². The van der Waals surface area contributed by atoms with E-state index >= 15 is 0 Å². The number of hydrogen-bond donors (Lipinski definition) is 0. The predicted molar refractivity (Wildman–Crippen MR) is 60.8 cm³/mol. The monoisotopic (exact) mass is 219 g/mol. The third-order valence-corrected chi connectivity index (χ3v) is 2.61. The van der Waals surface area contributed by atoms with Gasteiger partial charge in [0.25, 0.3) is 0 Å². The highest BCUT2D eigenvalue weighted by atomic mass is 16.5. The summed E-state index contributed by atoms with van der Waals surface area (Å²) in [5, 5.41) is 0.990. The van der Waals surface area contributed by atoms with Gasteiger partial charge in [-0.2, -0.15) is 0 Å². The highest BCUT2D eigenvalue weighted by molar-refractivity contribution is 5.98. The van der Waals surface area contributed by atoms with Gasteiger partial charge in [-0.1, -0.05) is 0 Å². The van der Waals surface area contributed by atoms with E-state index in [4.69, 9.17) is 9.47 Å². The number of nitrogens with zero attached hydrogens (tertiary/aromatic N) is 1. The molecule has 1 aromatic carbocycles. The van der Waals surface area contributed by atoms with Crippen LogP contribution in [-0.2, 0) is 11.8 Å². The molecule has 0 bridgehead atoms. The normalized spacial score (nSPS) is 10.4. The van der Waals surface area contributed by atoms with E-state index in [-0.39, 0.29) is 5.97 Å². The van der Waals surface area contributed by atoms with E-state index in [9.17, 15) is 4.79 Å². The smallest absolute Gasteiger partial charge is 0.341 e. The number of aromatic nitrogens is 1. The van der Waals surface area contributed by atoms with Gasteiger partial charge >= 0.3 is 5.97 Å². The minimum absolute atomic E-state index is 0.386. The molecule has 0 amide bonds. The first kappa shape index (κ1) is 10.5. The Bertz CT molecular complexity index is 542.